The predicted molar refractivity (Wildman–Crippen MR) is 65.9 cm³/mol. The zero-order valence-corrected chi connectivity index (χ0v) is 10.8. The molecule has 0 aliphatic heterocycles. The van der Waals surface area contributed by atoms with Gasteiger partial charge < -0.3 is 14.5 Å². The van der Waals surface area contributed by atoms with Crippen molar-refractivity contribution in [1.29, 1.82) is 0 Å². The minimum Gasteiger partial charge on any atom is -0.479 e. The number of esters is 1. The van der Waals surface area contributed by atoms with Crippen LogP contribution in [0.3, 0.4) is 0 Å². The highest BCUT2D eigenvalue weighted by Crippen LogP contribution is 2.19. The van der Waals surface area contributed by atoms with E-state index in [4.69, 9.17) is 21.7 Å². The fourth-order valence-corrected chi connectivity index (χ4v) is 1.84. The van der Waals surface area contributed by atoms with Crippen LogP contribution in [0, 0.1) is 4.77 Å². The van der Waals surface area contributed by atoms with E-state index in [-0.39, 0.29) is 12.5 Å². The molecule has 0 unspecified atom stereocenters. The predicted octanol–water partition coefficient (Wildman–Crippen LogP) is 1.06. The molecule has 2 aromatic rings. The van der Waals surface area contributed by atoms with E-state index in [1.54, 1.807) is 11.5 Å². The van der Waals surface area contributed by atoms with Crippen LogP contribution in [0.2, 0.25) is 0 Å². The largest absolute Gasteiger partial charge is 0.479 e. The second kappa shape index (κ2) is 5.13. The third-order valence-corrected chi connectivity index (χ3v) is 2.63. The number of nitrogens with one attached hydrogen (secondary N) is 1. The molecule has 2 aromatic heterocycles. The lowest BCUT2D eigenvalue weighted by molar-refractivity contribution is -0.143. The number of nitrogens with zero attached hydrogens (tertiary/aromatic N) is 3. The molecule has 0 saturated heterocycles. The molecule has 0 aliphatic carbocycles. The van der Waals surface area contributed by atoms with Crippen LogP contribution in [-0.4, -0.2) is 39.2 Å². The average Bonchev–Trinajstić information content (AvgIpc) is 2.66. The number of rotatable bonds is 4. The van der Waals surface area contributed by atoms with Gasteiger partial charge in [-0.25, -0.2) is 4.98 Å². The number of aromatic amines is 1. The number of hydrogen-bond donors (Lipinski definition) is 1. The van der Waals surface area contributed by atoms with Gasteiger partial charge in [0, 0.05) is 0 Å². The minimum atomic E-state index is -0.368. The van der Waals surface area contributed by atoms with Crippen molar-refractivity contribution in [3.63, 3.8) is 0 Å². The number of aromatic nitrogens is 4. The summed E-state index contributed by atoms with van der Waals surface area (Å²) in [4.78, 5) is 22.4. The number of ether oxygens (including phenoxy) is 2. The quantitative estimate of drug-likeness (QED) is 0.659. The second-order valence-electron chi connectivity index (χ2n) is 3.40. The molecule has 0 aliphatic rings. The summed E-state index contributed by atoms with van der Waals surface area (Å²) < 4.78 is 11.9. The molecule has 8 heteroatoms. The molecule has 0 saturated carbocycles. The average molecular weight is 268 g/mol. The summed E-state index contributed by atoms with van der Waals surface area (Å²) in [7, 11) is 1.50. The lowest BCUT2D eigenvalue weighted by atomic mass is 10.5. The molecule has 2 heterocycles. The van der Waals surface area contributed by atoms with Gasteiger partial charge in [-0.2, -0.15) is 4.98 Å². The van der Waals surface area contributed by atoms with Crippen molar-refractivity contribution in [3.8, 4) is 5.88 Å². The van der Waals surface area contributed by atoms with Crippen LogP contribution in [0.15, 0.2) is 6.33 Å². The van der Waals surface area contributed by atoms with Gasteiger partial charge in [0.2, 0.25) is 5.88 Å². The van der Waals surface area contributed by atoms with E-state index in [0.29, 0.717) is 28.4 Å². The molecule has 96 valence electrons. The standard InChI is InChI=1S/C10H12N4O3S/c1-3-17-6(15)4-14-8-7(13-10(14)18)9(16-2)12-5-11-8/h5H,3-4H2,1-2H3,(H,13,18). The fourth-order valence-electron chi connectivity index (χ4n) is 1.58. The Morgan fingerprint density at radius 2 is 2.33 bits per heavy atom. The van der Waals surface area contributed by atoms with Crippen LogP contribution in [0.25, 0.3) is 11.2 Å². The maximum atomic E-state index is 11.5. The highest BCUT2D eigenvalue weighted by Gasteiger charge is 2.14. The van der Waals surface area contributed by atoms with Crippen LogP contribution in [0.1, 0.15) is 6.92 Å². The van der Waals surface area contributed by atoms with E-state index in [2.05, 4.69) is 15.0 Å². The van der Waals surface area contributed by atoms with Crippen molar-refractivity contribution < 1.29 is 14.3 Å². The molecule has 0 aromatic carbocycles. The number of methoxy groups -OCH3 is 1. The lowest BCUT2D eigenvalue weighted by Crippen LogP contribution is -2.13. The number of carbonyl (C=O) groups excluding carboxylic acids is 1. The van der Waals surface area contributed by atoms with Gasteiger partial charge in [0.05, 0.1) is 13.7 Å². The fraction of sp³-hybridized carbons (Fsp3) is 0.400. The molecule has 0 amide bonds. The van der Waals surface area contributed by atoms with Gasteiger partial charge in [-0.3, -0.25) is 9.36 Å². The third-order valence-electron chi connectivity index (χ3n) is 2.31. The second-order valence-corrected chi connectivity index (χ2v) is 3.79. The van der Waals surface area contributed by atoms with Crippen molar-refractivity contribution in [2.24, 2.45) is 0 Å². The topological polar surface area (TPSA) is 82.0 Å². The Morgan fingerprint density at radius 3 is 3.00 bits per heavy atom. The Balaban J connectivity index is 2.48. The molecule has 2 rings (SSSR count). The number of fused-ring (bicyclic) bond motifs is 1. The van der Waals surface area contributed by atoms with Gasteiger partial charge in [0.1, 0.15) is 18.4 Å². The third kappa shape index (κ3) is 2.19. The number of carbonyl (C=O) groups is 1. The highest BCUT2D eigenvalue weighted by atomic mass is 32.1. The van der Waals surface area contributed by atoms with Crippen LogP contribution in [0.4, 0.5) is 0 Å². The van der Waals surface area contributed by atoms with Crippen molar-refractivity contribution in [3.05, 3.63) is 11.1 Å². The monoisotopic (exact) mass is 268 g/mol. The van der Waals surface area contributed by atoms with Gasteiger partial charge in [0.25, 0.3) is 0 Å². The molecule has 0 atom stereocenters. The zero-order valence-electron chi connectivity index (χ0n) is 9.97. The van der Waals surface area contributed by atoms with Crippen LogP contribution in [-0.2, 0) is 16.1 Å². The van der Waals surface area contributed by atoms with Crippen molar-refractivity contribution in [2.45, 2.75) is 13.5 Å². The van der Waals surface area contributed by atoms with Crippen LogP contribution < -0.4 is 4.74 Å². The van der Waals surface area contributed by atoms with Crippen LogP contribution in [0.5, 0.6) is 5.88 Å². The van der Waals surface area contributed by atoms with Crippen molar-refractivity contribution in [1.82, 2.24) is 19.5 Å². The Hall–Kier alpha value is -1.96. The summed E-state index contributed by atoms with van der Waals surface area (Å²) in [6.45, 7) is 2.08. The summed E-state index contributed by atoms with van der Waals surface area (Å²) in [5, 5.41) is 0. The van der Waals surface area contributed by atoms with Gasteiger partial charge >= 0.3 is 5.97 Å². The Bertz CT molecular complexity index is 634. The van der Waals surface area contributed by atoms with Gasteiger partial charge in [-0.15, -0.1) is 0 Å². The van der Waals surface area contributed by atoms with E-state index in [1.807, 2.05) is 0 Å². The molecule has 7 nitrogen and oxygen atoms in total. The van der Waals surface area contributed by atoms with Crippen molar-refractivity contribution in [2.75, 3.05) is 13.7 Å². The molecule has 0 bridgehead atoms. The Morgan fingerprint density at radius 1 is 1.56 bits per heavy atom. The van der Waals surface area contributed by atoms with E-state index in [1.165, 1.54) is 13.4 Å². The molecule has 0 radical (unpaired) electrons. The number of H-pyrrole nitrogens is 1. The zero-order chi connectivity index (χ0) is 13.1. The van der Waals surface area contributed by atoms with Crippen molar-refractivity contribution >= 4 is 29.4 Å². The number of hydrogen-bond acceptors (Lipinski definition) is 6. The molecule has 0 spiro atoms. The minimum absolute atomic E-state index is 0.00679. The maximum Gasteiger partial charge on any atom is 0.326 e. The first-order chi connectivity index (χ1) is 8.67. The van der Waals surface area contributed by atoms with E-state index in [0.717, 1.165) is 0 Å². The first kappa shape index (κ1) is 12.5. The normalized spacial score (nSPS) is 10.6. The molecule has 0 fully saturated rings. The first-order valence-electron chi connectivity index (χ1n) is 5.30. The molecule has 1 N–H and O–H groups in total. The SMILES string of the molecule is CCOC(=O)Cn1c(=S)[nH]c2c(OC)ncnc21. The van der Waals surface area contributed by atoms with E-state index in [9.17, 15) is 4.79 Å². The molecule has 18 heavy (non-hydrogen) atoms. The summed E-state index contributed by atoms with van der Waals surface area (Å²) in [5.41, 5.74) is 1.08. The van der Waals surface area contributed by atoms with Gasteiger partial charge in [-0.1, -0.05) is 0 Å². The summed E-state index contributed by atoms with van der Waals surface area (Å²) in [6, 6.07) is 0. The highest BCUT2D eigenvalue weighted by molar-refractivity contribution is 7.71. The van der Waals surface area contributed by atoms with Crippen LogP contribution >= 0.6 is 12.2 Å². The molecular weight excluding hydrogens is 256 g/mol. The molecular formula is C10H12N4O3S. The lowest BCUT2D eigenvalue weighted by Gasteiger charge is -2.03. The van der Waals surface area contributed by atoms with E-state index < -0.39 is 0 Å². The Kier molecular flexibility index (Phi) is 3.56. The maximum absolute atomic E-state index is 11.5. The smallest absolute Gasteiger partial charge is 0.326 e. The summed E-state index contributed by atoms with van der Waals surface area (Å²) in [5.74, 6) is 0.0146. The van der Waals surface area contributed by atoms with E-state index >= 15 is 0 Å². The van der Waals surface area contributed by atoms with Gasteiger partial charge in [0.15, 0.2) is 10.4 Å². The summed E-state index contributed by atoms with van der Waals surface area (Å²) in [6.07, 6.45) is 1.35. The number of imidazole rings is 1. The summed E-state index contributed by atoms with van der Waals surface area (Å²) >= 11 is 5.14. The Labute approximate surface area is 108 Å². The first-order valence-corrected chi connectivity index (χ1v) is 5.71. The van der Waals surface area contributed by atoms with Gasteiger partial charge in [-0.05, 0) is 19.1 Å².